The van der Waals surface area contributed by atoms with Gasteiger partial charge in [0.25, 0.3) is 0 Å². The average molecular weight is 352 g/mol. The summed E-state index contributed by atoms with van der Waals surface area (Å²) in [5.41, 5.74) is 1.84. The summed E-state index contributed by atoms with van der Waals surface area (Å²) in [7, 11) is 2.01. The van der Waals surface area contributed by atoms with E-state index < -0.39 is 6.10 Å². The maximum atomic E-state index is 13.1. The third kappa shape index (κ3) is 4.92. The third-order valence-electron chi connectivity index (χ3n) is 3.42. The van der Waals surface area contributed by atoms with Crippen molar-refractivity contribution in [2.24, 2.45) is 0 Å². The molecule has 0 fully saturated rings. The largest absolute Gasteiger partial charge is 0.388 e. The molecule has 112 valence electrons. The van der Waals surface area contributed by atoms with E-state index in [-0.39, 0.29) is 5.82 Å². The summed E-state index contributed by atoms with van der Waals surface area (Å²) in [5, 5.41) is 10.1. The SMILES string of the molecule is CN(CCC(O)c1cccc(F)c1)Cc1ccccc1Br. The minimum absolute atomic E-state index is 0.312. The van der Waals surface area contributed by atoms with Crippen LogP contribution in [-0.2, 0) is 6.54 Å². The number of hydrogen-bond acceptors (Lipinski definition) is 2. The molecule has 2 aromatic rings. The van der Waals surface area contributed by atoms with Crippen LogP contribution >= 0.6 is 15.9 Å². The molecule has 0 heterocycles. The van der Waals surface area contributed by atoms with Crippen molar-refractivity contribution in [3.8, 4) is 0 Å². The molecule has 21 heavy (non-hydrogen) atoms. The molecule has 0 aliphatic rings. The number of hydrogen-bond donors (Lipinski definition) is 1. The van der Waals surface area contributed by atoms with Crippen LogP contribution in [0.5, 0.6) is 0 Å². The fourth-order valence-electron chi connectivity index (χ4n) is 2.22. The van der Waals surface area contributed by atoms with Crippen LogP contribution in [0.1, 0.15) is 23.7 Å². The van der Waals surface area contributed by atoms with Gasteiger partial charge in [0.2, 0.25) is 0 Å². The Labute approximate surface area is 133 Å². The Morgan fingerprint density at radius 1 is 1.19 bits per heavy atom. The van der Waals surface area contributed by atoms with Gasteiger partial charge in [0, 0.05) is 17.6 Å². The van der Waals surface area contributed by atoms with Gasteiger partial charge >= 0.3 is 0 Å². The van der Waals surface area contributed by atoms with Crippen molar-refractivity contribution in [1.82, 2.24) is 4.90 Å². The minimum atomic E-state index is -0.637. The fourth-order valence-corrected chi connectivity index (χ4v) is 2.63. The monoisotopic (exact) mass is 351 g/mol. The molecule has 1 atom stereocenters. The Balaban J connectivity index is 1.86. The van der Waals surface area contributed by atoms with Gasteiger partial charge in [-0.15, -0.1) is 0 Å². The topological polar surface area (TPSA) is 23.5 Å². The van der Waals surface area contributed by atoms with E-state index in [4.69, 9.17) is 0 Å². The van der Waals surface area contributed by atoms with Crippen molar-refractivity contribution >= 4 is 15.9 Å². The van der Waals surface area contributed by atoms with Crippen molar-refractivity contribution in [1.29, 1.82) is 0 Å². The molecule has 0 aromatic heterocycles. The first-order valence-corrected chi connectivity index (χ1v) is 7.71. The van der Waals surface area contributed by atoms with Gasteiger partial charge in [0.1, 0.15) is 5.82 Å². The quantitative estimate of drug-likeness (QED) is 0.845. The number of halogens is 2. The van der Waals surface area contributed by atoms with Gasteiger partial charge < -0.3 is 10.0 Å². The number of aliphatic hydroxyl groups is 1. The van der Waals surface area contributed by atoms with Crippen LogP contribution in [-0.4, -0.2) is 23.6 Å². The molecule has 0 saturated carbocycles. The highest BCUT2D eigenvalue weighted by Gasteiger charge is 2.10. The molecule has 0 radical (unpaired) electrons. The van der Waals surface area contributed by atoms with E-state index in [1.165, 1.54) is 17.7 Å². The zero-order valence-electron chi connectivity index (χ0n) is 12.0. The van der Waals surface area contributed by atoms with Crippen molar-refractivity contribution in [2.45, 2.75) is 19.1 Å². The van der Waals surface area contributed by atoms with Gasteiger partial charge in [-0.05, 0) is 42.8 Å². The van der Waals surface area contributed by atoms with Crippen LogP contribution in [0.3, 0.4) is 0 Å². The summed E-state index contributed by atoms with van der Waals surface area (Å²) in [6, 6.07) is 14.2. The highest BCUT2D eigenvalue weighted by Crippen LogP contribution is 2.20. The Bertz CT molecular complexity index is 591. The standard InChI is InChI=1S/C17H19BrFNO/c1-20(12-14-5-2-3-8-16(14)18)10-9-17(21)13-6-4-7-15(19)11-13/h2-8,11,17,21H,9-10,12H2,1H3. The molecule has 2 nitrogen and oxygen atoms in total. The molecule has 1 unspecified atom stereocenters. The van der Waals surface area contributed by atoms with Crippen molar-refractivity contribution in [2.75, 3.05) is 13.6 Å². The third-order valence-corrected chi connectivity index (χ3v) is 4.19. The summed E-state index contributed by atoms with van der Waals surface area (Å²) >= 11 is 3.53. The molecular weight excluding hydrogens is 333 g/mol. The fraction of sp³-hybridized carbons (Fsp3) is 0.294. The number of aliphatic hydroxyl groups excluding tert-OH is 1. The Morgan fingerprint density at radius 2 is 1.95 bits per heavy atom. The molecule has 0 spiro atoms. The van der Waals surface area contributed by atoms with E-state index in [1.807, 2.05) is 25.2 Å². The van der Waals surface area contributed by atoms with Crippen molar-refractivity contribution < 1.29 is 9.50 Å². The number of nitrogens with zero attached hydrogens (tertiary/aromatic N) is 1. The van der Waals surface area contributed by atoms with E-state index >= 15 is 0 Å². The summed E-state index contributed by atoms with van der Waals surface area (Å²) in [4.78, 5) is 2.14. The van der Waals surface area contributed by atoms with Gasteiger partial charge in [0.05, 0.1) is 6.10 Å². The summed E-state index contributed by atoms with van der Waals surface area (Å²) in [6.07, 6.45) is -0.0629. The molecule has 1 N–H and O–H groups in total. The lowest BCUT2D eigenvalue weighted by atomic mass is 10.1. The van der Waals surface area contributed by atoms with Gasteiger partial charge in [0.15, 0.2) is 0 Å². The molecule has 4 heteroatoms. The van der Waals surface area contributed by atoms with Crippen molar-refractivity contribution in [3.63, 3.8) is 0 Å². The predicted molar refractivity (Wildman–Crippen MR) is 86.5 cm³/mol. The number of rotatable bonds is 6. The first-order chi connectivity index (χ1) is 10.1. The molecule has 2 rings (SSSR count). The van der Waals surface area contributed by atoms with Crippen LogP contribution in [0.2, 0.25) is 0 Å². The van der Waals surface area contributed by atoms with Crippen LogP contribution in [0.4, 0.5) is 4.39 Å². The number of benzene rings is 2. The molecule has 0 aliphatic carbocycles. The highest BCUT2D eigenvalue weighted by atomic mass is 79.9. The Hall–Kier alpha value is -1.23. The molecule has 2 aromatic carbocycles. The Kier molecular flexibility index (Phi) is 5.91. The molecular formula is C17H19BrFNO. The summed E-state index contributed by atoms with van der Waals surface area (Å²) in [6.45, 7) is 1.54. The minimum Gasteiger partial charge on any atom is -0.388 e. The normalized spacial score (nSPS) is 12.6. The van der Waals surface area contributed by atoms with E-state index in [1.54, 1.807) is 12.1 Å². The lowest BCUT2D eigenvalue weighted by molar-refractivity contribution is 0.147. The van der Waals surface area contributed by atoms with E-state index in [2.05, 4.69) is 26.9 Å². The molecule has 0 bridgehead atoms. The van der Waals surface area contributed by atoms with Gasteiger partial charge in [-0.25, -0.2) is 4.39 Å². The average Bonchev–Trinajstić information content (AvgIpc) is 2.47. The smallest absolute Gasteiger partial charge is 0.123 e. The lowest BCUT2D eigenvalue weighted by Crippen LogP contribution is -2.21. The lowest BCUT2D eigenvalue weighted by Gasteiger charge is -2.19. The molecule has 0 aliphatic heterocycles. The zero-order valence-corrected chi connectivity index (χ0v) is 13.6. The van der Waals surface area contributed by atoms with E-state index in [9.17, 15) is 9.50 Å². The summed E-state index contributed by atoms with van der Waals surface area (Å²) in [5.74, 6) is -0.312. The maximum Gasteiger partial charge on any atom is 0.123 e. The van der Waals surface area contributed by atoms with Crippen molar-refractivity contribution in [3.05, 3.63) is 69.9 Å². The maximum absolute atomic E-state index is 13.1. The Morgan fingerprint density at radius 3 is 2.67 bits per heavy atom. The predicted octanol–water partition coefficient (Wildman–Crippen LogP) is 4.14. The second-order valence-corrected chi connectivity index (χ2v) is 6.04. The summed E-state index contributed by atoms with van der Waals surface area (Å²) < 4.78 is 14.2. The van der Waals surface area contributed by atoms with Crippen LogP contribution in [0.25, 0.3) is 0 Å². The first kappa shape index (κ1) is 16.1. The van der Waals surface area contributed by atoms with Crippen LogP contribution in [0, 0.1) is 5.82 Å². The van der Waals surface area contributed by atoms with Gasteiger partial charge in [-0.2, -0.15) is 0 Å². The molecule has 0 saturated heterocycles. The second kappa shape index (κ2) is 7.69. The first-order valence-electron chi connectivity index (χ1n) is 6.92. The van der Waals surface area contributed by atoms with Gasteiger partial charge in [-0.3, -0.25) is 0 Å². The van der Waals surface area contributed by atoms with Crippen LogP contribution < -0.4 is 0 Å². The molecule has 0 amide bonds. The van der Waals surface area contributed by atoms with Gasteiger partial charge in [-0.1, -0.05) is 46.3 Å². The van der Waals surface area contributed by atoms with E-state index in [0.717, 1.165) is 17.6 Å². The van der Waals surface area contributed by atoms with E-state index in [0.29, 0.717) is 12.0 Å². The second-order valence-electron chi connectivity index (χ2n) is 5.19. The van der Waals surface area contributed by atoms with Crippen LogP contribution in [0.15, 0.2) is 53.0 Å². The zero-order chi connectivity index (χ0) is 15.2. The highest BCUT2D eigenvalue weighted by molar-refractivity contribution is 9.10.